The van der Waals surface area contributed by atoms with E-state index in [1.165, 1.54) is 29.0 Å². The molecule has 0 fully saturated rings. The fourth-order valence-electron chi connectivity index (χ4n) is 2.90. The van der Waals surface area contributed by atoms with Gasteiger partial charge in [-0.15, -0.1) is 0 Å². The second-order valence-corrected chi connectivity index (χ2v) is 6.70. The molecule has 1 amide bonds. The molecular weight excluding hydrogens is 387 g/mol. The molecule has 1 N–H and O–H groups in total. The van der Waals surface area contributed by atoms with E-state index < -0.39 is 17.3 Å². The van der Waals surface area contributed by atoms with Crippen LogP contribution in [0.2, 0.25) is 0 Å². The number of rotatable bonds is 5. The molecule has 7 nitrogen and oxygen atoms in total. The Morgan fingerprint density at radius 1 is 1.13 bits per heavy atom. The van der Waals surface area contributed by atoms with Gasteiger partial charge in [-0.25, -0.2) is 4.39 Å². The number of carbonyl (C=O) groups is 1. The van der Waals surface area contributed by atoms with E-state index in [9.17, 15) is 14.0 Å². The van der Waals surface area contributed by atoms with Crippen LogP contribution in [0.3, 0.4) is 0 Å². The van der Waals surface area contributed by atoms with Crippen LogP contribution in [-0.4, -0.2) is 20.6 Å². The number of aromatic nitrogens is 3. The number of halogens is 1. The number of carbonyl (C=O) groups excluding carboxylic acids is 1. The molecule has 0 radical (unpaired) electrons. The summed E-state index contributed by atoms with van der Waals surface area (Å²) < 4.78 is 19.8. The van der Waals surface area contributed by atoms with E-state index in [0.29, 0.717) is 11.5 Å². The number of benzene rings is 2. The lowest BCUT2D eigenvalue weighted by Crippen LogP contribution is -2.28. The molecule has 0 unspecified atom stereocenters. The summed E-state index contributed by atoms with van der Waals surface area (Å²) in [5.41, 5.74) is 1.91. The summed E-state index contributed by atoms with van der Waals surface area (Å²) in [5, 5.41) is 6.50. The van der Waals surface area contributed by atoms with Crippen LogP contribution in [0, 0.1) is 12.7 Å². The Labute approximate surface area is 170 Å². The Morgan fingerprint density at radius 2 is 1.93 bits per heavy atom. The zero-order valence-corrected chi connectivity index (χ0v) is 16.0. The minimum atomic E-state index is -0.467. The first-order chi connectivity index (χ1) is 14.5. The maximum Gasteiger partial charge on any atom is 0.263 e. The third-order valence-electron chi connectivity index (χ3n) is 4.41. The molecule has 2 aromatic heterocycles. The van der Waals surface area contributed by atoms with Crippen molar-refractivity contribution in [2.75, 3.05) is 5.32 Å². The quantitative estimate of drug-likeness (QED) is 0.548. The smallest absolute Gasteiger partial charge is 0.263 e. The van der Waals surface area contributed by atoms with Crippen LogP contribution < -0.4 is 10.9 Å². The highest BCUT2D eigenvalue weighted by Gasteiger charge is 2.16. The molecule has 0 aliphatic carbocycles. The number of hydrogen-bond acceptors (Lipinski definition) is 5. The molecule has 0 bridgehead atoms. The number of amides is 1. The van der Waals surface area contributed by atoms with E-state index in [2.05, 4.69) is 15.5 Å². The number of pyridine rings is 1. The van der Waals surface area contributed by atoms with Crippen LogP contribution in [0.4, 0.5) is 10.1 Å². The number of nitrogens with one attached hydrogen (secondary N) is 1. The van der Waals surface area contributed by atoms with Gasteiger partial charge in [0.15, 0.2) is 0 Å². The molecule has 2 heterocycles. The second kappa shape index (κ2) is 8.12. The van der Waals surface area contributed by atoms with Gasteiger partial charge >= 0.3 is 0 Å². The van der Waals surface area contributed by atoms with Crippen LogP contribution >= 0.6 is 0 Å². The third-order valence-corrected chi connectivity index (χ3v) is 4.41. The fourth-order valence-corrected chi connectivity index (χ4v) is 2.90. The topological polar surface area (TPSA) is 90.0 Å². The lowest BCUT2D eigenvalue weighted by atomic mass is 10.1. The Bertz CT molecular complexity index is 1260. The molecule has 8 heteroatoms. The van der Waals surface area contributed by atoms with Crippen LogP contribution in [0.15, 0.2) is 76.2 Å². The Balaban J connectivity index is 1.55. The van der Waals surface area contributed by atoms with Crippen molar-refractivity contribution in [2.24, 2.45) is 0 Å². The summed E-state index contributed by atoms with van der Waals surface area (Å²) in [6.45, 7) is 1.73. The Kier molecular flexibility index (Phi) is 5.21. The first-order valence-corrected chi connectivity index (χ1v) is 9.15. The highest BCUT2D eigenvalue weighted by molar-refractivity contribution is 5.90. The minimum absolute atomic E-state index is 0.0652. The average molecular weight is 404 g/mol. The van der Waals surface area contributed by atoms with Crippen LogP contribution in [-0.2, 0) is 11.3 Å². The molecule has 4 aromatic rings. The molecular formula is C22H17FN4O3. The SMILES string of the molecule is Cc1ccc(-c2noc(-c3cccn(CC(=O)Nc4cccc(F)c4)c3=O)n2)cc1. The number of aryl methyl sites for hydroxylation is 1. The molecule has 30 heavy (non-hydrogen) atoms. The third kappa shape index (κ3) is 4.17. The average Bonchev–Trinajstić information content (AvgIpc) is 3.20. The Morgan fingerprint density at radius 3 is 2.70 bits per heavy atom. The molecule has 0 aliphatic rings. The van der Waals surface area contributed by atoms with Crippen molar-refractivity contribution in [1.82, 2.24) is 14.7 Å². The van der Waals surface area contributed by atoms with E-state index >= 15 is 0 Å². The van der Waals surface area contributed by atoms with Gasteiger partial charge in [0, 0.05) is 17.4 Å². The highest BCUT2D eigenvalue weighted by atomic mass is 19.1. The fraction of sp³-hybridized carbons (Fsp3) is 0.0909. The van der Waals surface area contributed by atoms with E-state index in [-0.39, 0.29) is 18.0 Å². The molecule has 0 spiro atoms. The van der Waals surface area contributed by atoms with Crippen LogP contribution in [0.25, 0.3) is 22.8 Å². The number of anilines is 1. The van der Waals surface area contributed by atoms with Gasteiger partial charge in [-0.1, -0.05) is 41.1 Å². The van der Waals surface area contributed by atoms with Crippen LogP contribution in [0.5, 0.6) is 0 Å². The number of nitrogens with zero attached hydrogens (tertiary/aromatic N) is 3. The molecule has 4 rings (SSSR count). The van der Waals surface area contributed by atoms with Crippen molar-refractivity contribution in [3.8, 4) is 22.8 Å². The van der Waals surface area contributed by atoms with Gasteiger partial charge in [0.05, 0.1) is 0 Å². The monoisotopic (exact) mass is 404 g/mol. The molecule has 150 valence electrons. The van der Waals surface area contributed by atoms with Gasteiger partial charge in [0.2, 0.25) is 11.7 Å². The summed E-state index contributed by atoms with van der Waals surface area (Å²) in [7, 11) is 0. The lowest BCUT2D eigenvalue weighted by molar-refractivity contribution is -0.116. The van der Waals surface area contributed by atoms with E-state index in [4.69, 9.17) is 4.52 Å². The zero-order chi connectivity index (χ0) is 21.1. The predicted octanol–water partition coefficient (Wildman–Crippen LogP) is 3.65. The van der Waals surface area contributed by atoms with Gasteiger partial charge in [0.1, 0.15) is 17.9 Å². The standard InChI is InChI=1S/C22H17FN4O3/c1-14-7-9-15(10-8-14)20-25-21(30-26-20)18-6-3-11-27(22(18)29)13-19(28)24-17-5-2-4-16(23)12-17/h2-12H,13H2,1H3,(H,24,28). The molecule has 0 aliphatic heterocycles. The van der Waals surface area contributed by atoms with Crippen molar-refractivity contribution < 1.29 is 13.7 Å². The van der Waals surface area contributed by atoms with E-state index in [0.717, 1.165) is 11.1 Å². The highest BCUT2D eigenvalue weighted by Crippen LogP contribution is 2.20. The maximum absolute atomic E-state index is 13.3. The van der Waals surface area contributed by atoms with E-state index in [1.807, 2.05) is 31.2 Å². The molecule has 2 aromatic carbocycles. The van der Waals surface area contributed by atoms with Gasteiger partial charge in [-0.05, 0) is 37.3 Å². The molecule has 0 saturated heterocycles. The predicted molar refractivity (Wildman–Crippen MR) is 109 cm³/mol. The van der Waals surface area contributed by atoms with Gasteiger partial charge in [0.25, 0.3) is 11.4 Å². The summed E-state index contributed by atoms with van der Waals surface area (Å²) >= 11 is 0. The normalized spacial score (nSPS) is 10.7. The van der Waals surface area contributed by atoms with Gasteiger partial charge in [-0.3, -0.25) is 9.59 Å². The number of hydrogen-bond donors (Lipinski definition) is 1. The summed E-state index contributed by atoms with van der Waals surface area (Å²) in [4.78, 5) is 29.4. The van der Waals surface area contributed by atoms with Crippen molar-refractivity contribution in [3.63, 3.8) is 0 Å². The van der Waals surface area contributed by atoms with Crippen molar-refractivity contribution in [1.29, 1.82) is 0 Å². The minimum Gasteiger partial charge on any atom is -0.333 e. The molecule has 0 atom stereocenters. The largest absolute Gasteiger partial charge is 0.333 e. The van der Waals surface area contributed by atoms with Crippen molar-refractivity contribution in [3.05, 3.63) is 88.6 Å². The summed E-state index contributed by atoms with van der Waals surface area (Å²) in [6, 6.07) is 16.3. The molecule has 0 saturated carbocycles. The first kappa shape index (κ1) is 19.3. The zero-order valence-electron chi connectivity index (χ0n) is 16.0. The van der Waals surface area contributed by atoms with Gasteiger partial charge < -0.3 is 14.4 Å². The summed E-state index contributed by atoms with van der Waals surface area (Å²) in [6.07, 6.45) is 1.48. The van der Waals surface area contributed by atoms with E-state index in [1.54, 1.807) is 18.2 Å². The lowest BCUT2D eigenvalue weighted by Gasteiger charge is -2.08. The van der Waals surface area contributed by atoms with Gasteiger partial charge in [-0.2, -0.15) is 4.98 Å². The first-order valence-electron chi connectivity index (χ1n) is 9.15. The Hall–Kier alpha value is -4.07. The second-order valence-electron chi connectivity index (χ2n) is 6.70. The van der Waals surface area contributed by atoms with Crippen LogP contribution in [0.1, 0.15) is 5.56 Å². The maximum atomic E-state index is 13.3. The summed E-state index contributed by atoms with van der Waals surface area (Å²) in [5.74, 6) is -0.502. The van der Waals surface area contributed by atoms with Crippen molar-refractivity contribution >= 4 is 11.6 Å². The van der Waals surface area contributed by atoms with Crippen molar-refractivity contribution in [2.45, 2.75) is 13.5 Å².